The Morgan fingerprint density at radius 1 is 1.04 bits per heavy atom. The highest BCUT2D eigenvalue weighted by Gasteiger charge is 2.48. The molecule has 0 saturated carbocycles. The summed E-state index contributed by atoms with van der Waals surface area (Å²) in [6.45, 7) is 1.98. The fraction of sp³-hybridized carbons (Fsp3) is 0.176. The molecule has 1 saturated heterocycles. The van der Waals surface area contributed by atoms with Gasteiger partial charge in [-0.15, -0.1) is 0 Å². The van der Waals surface area contributed by atoms with E-state index >= 15 is 0 Å². The number of nitrogens with one attached hydrogen (secondary N) is 1. The normalized spacial score (nSPS) is 20.7. The Morgan fingerprint density at radius 3 is 2.39 bits per heavy atom. The van der Waals surface area contributed by atoms with Gasteiger partial charge in [-0.3, -0.25) is 9.69 Å². The zero-order valence-corrected chi connectivity index (χ0v) is 15.5. The Kier molecular flexibility index (Phi) is 4.29. The summed E-state index contributed by atoms with van der Waals surface area (Å²) in [4.78, 5) is 26.4. The molecule has 0 aliphatic carbocycles. The van der Waals surface area contributed by atoms with Gasteiger partial charge in [-0.1, -0.05) is 56.1 Å². The Bertz CT molecular complexity index is 776. The fourth-order valence-electron chi connectivity index (χ4n) is 2.61. The van der Waals surface area contributed by atoms with Gasteiger partial charge in [-0.05, 0) is 42.3 Å². The number of carbonyl (C=O) groups is 2. The standard InChI is InChI=1S/C17H14Br2N2O2/c1-17(12-3-2-4-14(19)9-12)15(22)21(16(23)20-17)10-11-5-7-13(18)8-6-11/h2-9H,10H2,1H3,(H,20,23)/t17-/m0/s1. The summed E-state index contributed by atoms with van der Waals surface area (Å²) in [5, 5.41) is 2.81. The third-order valence-corrected chi connectivity index (χ3v) is 4.95. The Morgan fingerprint density at radius 2 is 1.74 bits per heavy atom. The number of hydrogen-bond donors (Lipinski definition) is 1. The molecule has 1 fully saturated rings. The van der Waals surface area contributed by atoms with Crippen LogP contribution in [-0.2, 0) is 16.9 Å². The molecule has 4 nitrogen and oxygen atoms in total. The number of imide groups is 1. The molecule has 118 valence electrons. The lowest BCUT2D eigenvalue weighted by molar-refractivity contribution is -0.131. The Hall–Kier alpha value is -1.66. The molecule has 0 spiro atoms. The van der Waals surface area contributed by atoms with Gasteiger partial charge in [0.05, 0.1) is 6.54 Å². The number of nitrogens with zero attached hydrogens (tertiary/aromatic N) is 1. The summed E-state index contributed by atoms with van der Waals surface area (Å²) in [7, 11) is 0. The first kappa shape index (κ1) is 16.2. The molecule has 0 unspecified atom stereocenters. The largest absolute Gasteiger partial charge is 0.325 e. The summed E-state index contributed by atoms with van der Waals surface area (Å²) in [5.41, 5.74) is 0.606. The van der Waals surface area contributed by atoms with Crippen molar-refractivity contribution in [2.75, 3.05) is 0 Å². The first-order valence-corrected chi connectivity index (χ1v) is 8.63. The number of urea groups is 1. The Labute approximate surface area is 151 Å². The number of benzene rings is 2. The van der Waals surface area contributed by atoms with Crippen LogP contribution in [-0.4, -0.2) is 16.8 Å². The highest BCUT2D eigenvalue weighted by molar-refractivity contribution is 9.10. The van der Waals surface area contributed by atoms with E-state index in [1.165, 1.54) is 4.90 Å². The number of halogens is 2. The lowest BCUT2D eigenvalue weighted by Gasteiger charge is -2.22. The van der Waals surface area contributed by atoms with Crippen molar-refractivity contribution in [1.29, 1.82) is 0 Å². The predicted octanol–water partition coefficient (Wildman–Crippen LogP) is 4.18. The topological polar surface area (TPSA) is 49.4 Å². The first-order chi connectivity index (χ1) is 10.9. The van der Waals surface area contributed by atoms with Gasteiger partial charge >= 0.3 is 6.03 Å². The van der Waals surface area contributed by atoms with Gasteiger partial charge < -0.3 is 5.32 Å². The van der Waals surface area contributed by atoms with Crippen LogP contribution in [0.5, 0.6) is 0 Å². The summed E-state index contributed by atoms with van der Waals surface area (Å²) in [5.74, 6) is -0.247. The van der Waals surface area contributed by atoms with Crippen LogP contribution in [0.2, 0.25) is 0 Å². The lowest BCUT2D eigenvalue weighted by atomic mass is 9.92. The summed E-state index contributed by atoms with van der Waals surface area (Å²) in [6, 6.07) is 14.6. The van der Waals surface area contributed by atoms with Crippen molar-refractivity contribution in [1.82, 2.24) is 10.2 Å². The van der Waals surface area contributed by atoms with Crippen molar-refractivity contribution in [3.8, 4) is 0 Å². The van der Waals surface area contributed by atoms with Crippen molar-refractivity contribution in [2.45, 2.75) is 19.0 Å². The van der Waals surface area contributed by atoms with Crippen molar-refractivity contribution >= 4 is 43.8 Å². The molecule has 1 N–H and O–H groups in total. The number of amides is 3. The molecule has 0 aromatic heterocycles. The lowest BCUT2D eigenvalue weighted by Crippen LogP contribution is -2.40. The molecule has 1 heterocycles. The number of carbonyl (C=O) groups excluding carboxylic acids is 2. The molecule has 3 amide bonds. The molecule has 3 rings (SSSR count). The van der Waals surface area contributed by atoms with Gasteiger partial charge in [0, 0.05) is 8.95 Å². The fourth-order valence-corrected chi connectivity index (χ4v) is 3.27. The minimum atomic E-state index is -1.05. The van der Waals surface area contributed by atoms with Crippen LogP contribution in [0.15, 0.2) is 57.5 Å². The van der Waals surface area contributed by atoms with Gasteiger partial charge in [-0.25, -0.2) is 4.79 Å². The van der Waals surface area contributed by atoms with Crippen LogP contribution >= 0.6 is 31.9 Å². The van der Waals surface area contributed by atoms with Gasteiger partial charge in [0.15, 0.2) is 0 Å². The molecular formula is C17H14Br2N2O2. The van der Waals surface area contributed by atoms with Gasteiger partial charge in [-0.2, -0.15) is 0 Å². The average Bonchev–Trinajstić information content (AvgIpc) is 2.74. The second-order valence-corrected chi connectivity index (χ2v) is 7.41. The maximum absolute atomic E-state index is 12.8. The molecule has 6 heteroatoms. The zero-order chi connectivity index (χ0) is 16.6. The van der Waals surface area contributed by atoms with E-state index in [-0.39, 0.29) is 18.5 Å². The van der Waals surface area contributed by atoms with E-state index < -0.39 is 5.54 Å². The monoisotopic (exact) mass is 436 g/mol. The molecular weight excluding hydrogens is 424 g/mol. The van der Waals surface area contributed by atoms with E-state index in [1.807, 2.05) is 48.5 Å². The van der Waals surface area contributed by atoms with Gasteiger partial charge in [0.25, 0.3) is 5.91 Å². The van der Waals surface area contributed by atoms with Crippen LogP contribution in [0, 0.1) is 0 Å². The van der Waals surface area contributed by atoms with Crippen molar-refractivity contribution < 1.29 is 9.59 Å². The predicted molar refractivity (Wildman–Crippen MR) is 94.7 cm³/mol. The van der Waals surface area contributed by atoms with Crippen LogP contribution in [0.3, 0.4) is 0 Å². The molecule has 0 bridgehead atoms. The highest BCUT2D eigenvalue weighted by atomic mass is 79.9. The van der Waals surface area contributed by atoms with E-state index in [4.69, 9.17) is 0 Å². The van der Waals surface area contributed by atoms with Crippen LogP contribution in [0.25, 0.3) is 0 Å². The van der Waals surface area contributed by atoms with E-state index in [2.05, 4.69) is 37.2 Å². The van der Waals surface area contributed by atoms with Crippen molar-refractivity contribution in [3.05, 3.63) is 68.6 Å². The van der Waals surface area contributed by atoms with Crippen molar-refractivity contribution in [3.63, 3.8) is 0 Å². The second-order valence-electron chi connectivity index (χ2n) is 5.58. The zero-order valence-electron chi connectivity index (χ0n) is 12.3. The van der Waals surface area contributed by atoms with E-state index in [9.17, 15) is 9.59 Å². The maximum Gasteiger partial charge on any atom is 0.325 e. The molecule has 1 atom stereocenters. The molecule has 1 aliphatic rings. The molecule has 23 heavy (non-hydrogen) atoms. The van der Waals surface area contributed by atoms with Crippen molar-refractivity contribution in [2.24, 2.45) is 0 Å². The SMILES string of the molecule is C[C@@]1(c2cccc(Br)c2)NC(=O)N(Cc2ccc(Br)cc2)C1=O. The quantitative estimate of drug-likeness (QED) is 0.732. The molecule has 2 aromatic rings. The van der Waals surface area contributed by atoms with Crippen LogP contribution in [0.1, 0.15) is 18.1 Å². The smallest absolute Gasteiger partial charge is 0.319 e. The summed E-state index contributed by atoms with van der Waals surface area (Å²) in [6.07, 6.45) is 0. The third kappa shape index (κ3) is 3.05. The summed E-state index contributed by atoms with van der Waals surface area (Å²) >= 11 is 6.78. The van der Waals surface area contributed by atoms with Gasteiger partial charge in [0.2, 0.25) is 0 Å². The molecule has 0 radical (unpaired) electrons. The number of rotatable bonds is 3. The van der Waals surface area contributed by atoms with Crippen LogP contribution in [0.4, 0.5) is 4.79 Å². The minimum Gasteiger partial charge on any atom is -0.319 e. The third-order valence-electron chi connectivity index (χ3n) is 3.93. The highest BCUT2D eigenvalue weighted by Crippen LogP contribution is 2.31. The molecule has 2 aromatic carbocycles. The van der Waals surface area contributed by atoms with Gasteiger partial charge in [0.1, 0.15) is 5.54 Å². The minimum absolute atomic E-state index is 0.247. The second kappa shape index (κ2) is 6.09. The van der Waals surface area contributed by atoms with E-state index in [0.717, 1.165) is 20.1 Å². The van der Waals surface area contributed by atoms with E-state index in [0.29, 0.717) is 0 Å². The summed E-state index contributed by atoms with van der Waals surface area (Å²) < 4.78 is 1.82. The van der Waals surface area contributed by atoms with Crippen LogP contribution < -0.4 is 5.32 Å². The Balaban J connectivity index is 1.89. The average molecular weight is 438 g/mol. The maximum atomic E-state index is 12.8. The molecule has 1 aliphatic heterocycles. The first-order valence-electron chi connectivity index (χ1n) is 7.05. The number of hydrogen-bond acceptors (Lipinski definition) is 2. The van der Waals surface area contributed by atoms with E-state index in [1.54, 1.807) is 6.92 Å².